The molecule has 1 aromatic rings. The van der Waals surface area contributed by atoms with Crippen LogP contribution in [-0.2, 0) is 17.8 Å². The van der Waals surface area contributed by atoms with Crippen LogP contribution in [0.25, 0.3) is 0 Å². The normalized spacial score (nSPS) is 25.1. The summed E-state index contributed by atoms with van der Waals surface area (Å²) in [5.41, 5.74) is -0.00565. The molecule has 0 bridgehead atoms. The van der Waals surface area contributed by atoms with E-state index in [1.165, 1.54) is 11.0 Å². The molecule has 8 nitrogen and oxygen atoms in total. The number of nitriles is 1. The zero-order valence-electron chi connectivity index (χ0n) is 24.3. The van der Waals surface area contributed by atoms with Gasteiger partial charge in [0.15, 0.2) is 5.83 Å². The zero-order chi connectivity index (χ0) is 31.1. The van der Waals surface area contributed by atoms with Gasteiger partial charge >= 0.3 is 6.18 Å². The summed E-state index contributed by atoms with van der Waals surface area (Å²) in [6, 6.07) is 2.43. The van der Waals surface area contributed by atoms with Crippen LogP contribution in [0.15, 0.2) is 35.2 Å². The molecule has 0 aromatic carbocycles. The average Bonchev–Trinajstić information content (AvgIpc) is 3.38. The maximum absolute atomic E-state index is 14.3. The fourth-order valence-corrected chi connectivity index (χ4v) is 7.14. The van der Waals surface area contributed by atoms with Crippen molar-refractivity contribution in [3.8, 4) is 11.9 Å². The topological polar surface area (TPSA) is 75.9 Å². The van der Waals surface area contributed by atoms with E-state index in [0.717, 1.165) is 24.9 Å². The molecule has 1 aliphatic carbocycles. The number of halogens is 5. The average molecular weight is 623 g/mol. The lowest BCUT2D eigenvalue weighted by molar-refractivity contribution is -0.128. The Morgan fingerprint density at radius 2 is 1.98 bits per heavy atom. The molecule has 0 N–H and O–H groups in total. The first-order valence-corrected chi connectivity index (χ1v) is 14.8. The van der Waals surface area contributed by atoms with Crippen LogP contribution in [0.5, 0.6) is 5.88 Å². The molecule has 232 valence electrons. The van der Waals surface area contributed by atoms with E-state index in [4.69, 9.17) is 21.3 Å². The number of carbonyl (C=O) groups excluding carboxylic acids is 1. The number of alkyl halides is 3. The molecule has 1 amide bonds. The van der Waals surface area contributed by atoms with Gasteiger partial charge in [-0.2, -0.15) is 18.4 Å². The van der Waals surface area contributed by atoms with Crippen molar-refractivity contribution < 1.29 is 27.1 Å². The lowest BCUT2D eigenvalue weighted by Gasteiger charge is -2.47. The molecule has 2 fully saturated rings. The van der Waals surface area contributed by atoms with Crippen LogP contribution >= 0.6 is 11.6 Å². The summed E-state index contributed by atoms with van der Waals surface area (Å²) < 4.78 is 62.6. The Kier molecular flexibility index (Phi) is 8.80. The summed E-state index contributed by atoms with van der Waals surface area (Å²) in [4.78, 5) is 24.2. The highest BCUT2D eigenvalue weighted by molar-refractivity contribution is 6.31. The van der Waals surface area contributed by atoms with Crippen LogP contribution in [0.1, 0.15) is 43.0 Å². The summed E-state index contributed by atoms with van der Waals surface area (Å²) in [5, 5.41) is 10.0. The van der Waals surface area contributed by atoms with Gasteiger partial charge in [0.25, 0.3) is 5.91 Å². The van der Waals surface area contributed by atoms with Crippen molar-refractivity contribution in [2.75, 3.05) is 57.8 Å². The van der Waals surface area contributed by atoms with Crippen LogP contribution in [0.2, 0.25) is 0 Å². The van der Waals surface area contributed by atoms with Gasteiger partial charge in [-0.3, -0.25) is 9.69 Å². The minimum Gasteiger partial charge on any atom is -0.475 e. The number of aromatic nitrogens is 1. The molecule has 2 saturated heterocycles. The van der Waals surface area contributed by atoms with Crippen LogP contribution in [0.3, 0.4) is 0 Å². The molecule has 43 heavy (non-hydrogen) atoms. The summed E-state index contributed by atoms with van der Waals surface area (Å²) in [6.07, 6.45) is 0.789. The van der Waals surface area contributed by atoms with Gasteiger partial charge in [0, 0.05) is 50.9 Å². The van der Waals surface area contributed by atoms with E-state index in [9.17, 15) is 27.6 Å². The Hall–Kier alpha value is -3.14. The number of fused-ring (bicyclic) bond motifs is 1. The first-order valence-electron chi connectivity index (χ1n) is 14.4. The van der Waals surface area contributed by atoms with Crippen LogP contribution in [-0.4, -0.2) is 96.3 Å². The Morgan fingerprint density at radius 3 is 2.58 bits per heavy atom. The van der Waals surface area contributed by atoms with Crippen molar-refractivity contribution >= 4 is 23.2 Å². The molecule has 1 unspecified atom stereocenters. The smallest absolute Gasteiger partial charge is 0.415 e. The largest absolute Gasteiger partial charge is 0.475 e. The van der Waals surface area contributed by atoms with Gasteiger partial charge in [-0.15, -0.1) is 0 Å². The fourth-order valence-electron chi connectivity index (χ4n) is 6.74. The monoisotopic (exact) mass is 622 g/mol. The van der Waals surface area contributed by atoms with Crippen molar-refractivity contribution in [3.63, 3.8) is 0 Å². The number of pyridine rings is 1. The Bertz CT molecular complexity index is 1400. The highest BCUT2D eigenvalue weighted by Gasteiger charge is 2.51. The number of nitrogens with zero attached hydrogens (tertiary/aromatic N) is 6. The van der Waals surface area contributed by atoms with Crippen LogP contribution < -0.4 is 9.64 Å². The molecule has 4 aliphatic rings. The van der Waals surface area contributed by atoms with E-state index < -0.39 is 29.0 Å². The number of allylic oxidation sites excluding steroid dienone is 2. The van der Waals surface area contributed by atoms with Gasteiger partial charge in [0.05, 0.1) is 27.5 Å². The molecule has 0 radical (unpaired) electrons. The van der Waals surface area contributed by atoms with Crippen molar-refractivity contribution in [3.05, 3.63) is 52.0 Å². The Labute approximate surface area is 253 Å². The fraction of sp³-hybridized carbons (Fsp3) is 0.567. The summed E-state index contributed by atoms with van der Waals surface area (Å²) >= 11 is 6.14. The van der Waals surface area contributed by atoms with Gasteiger partial charge in [-0.05, 0) is 52.3 Å². The summed E-state index contributed by atoms with van der Waals surface area (Å²) in [7, 11) is 2.01. The standard InChI is InChI=1S/C30H35ClF4N6O2/c1-19(32)28(42)40-14-12-39(13-15-40)25-21-8-11-41(29(2)9-4-7-23(31)26(29)30(33,34)35)17-24(21)37-27(22(25)16-36)43-18-20-6-5-10-38(20)3/h4,7,20H,1,5-6,8-15,17-18H2,2-3H3/t20-,29?/m1/s1. The molecule has 0 saturated carbocycles. The Balaban J connectivity index is 1.52. The maximum atomic E-state index is 14.3. The summed E-state index contributed by atoms with van der Waals surface area (Å²) in [5.74, 6) is -1.65. The molecule has 4 heterocycles. The Morgan fingerprint density at radius 1 is 1.26 bits per heavy atom. The van der Waals surface area contributed by atoms with Gasteiger partial charge in [0.2, 0.25) is 5.88 Å². The van der Waals surface area contributed by atoms with Gasteiger partial charge < -0.3 is 19.4 Å². The van der Waals surface area contributed by atoms with Crippen LogP contribution in [0, 0.1) is 11.3 Å². The highest BCUT2D eigenvalue weighted by atomic mass is 35.5. The third-order valence-electron chi connectivity index (χ3n) is 9.14. The third-order valence-corrected chi connectivity index (χ3v) is 9.46. The van der Waals surface area contributed by atoms with Crippen LogP contribution in [0.4, 0.5) is 23.2 Å². The molecular weight excluding hydrogens is 588 g/mol. The van der Waals surface area contributed by atoms with E-state index in [0.29, 0.717) is 37.5 Å². The van der Waals surface area contributed by atoms with E-state index in [2.05, 4.69) is 17.5 Å². The third kappa shape index (κ3) is 5.99. The number of amides is 1. The molecule has 0 spiro atoms. The van der Waals surface area contributed by atoms with Crippen molar-refractivity contribution in [2.24, 2.45) is 0 Å². The number of anilines is 1. The van der Waals surface area contributed by atoms with Crippen molar-refractivity contribution in [2.45, 2.75) is 56.9 Å². The quantitative estimate of drug-likeness (QED) is 0.337. The number of carbonyl (C=O) groups is 1. The second-order valence-corrected chi connectivity index (χ2v) is 12.1. The number of piperazine rings is 1. The second kappa shape index (κ2) is 12.1. The number of likely N-dealkylation sites (N-methyl/N-ethyl adjacent to an activating group) is 1. The number of ether oxygens (including phenoxy) is 1. The molecular formula is C30H35ClF4N6O2. The molecule has 1 aromatic heterocycles. The van der Waals surface area contributed by atoms with Crippen molar-refractivity contribution in [1.29, 1.82) is 5.26 Å². The molecule has 13 heteroatoms. The van der Waals surface area contributed by atoms with Gasteiger partial charge in [-0.25, -0.2) is 9.37 Å². The molecule has 3 aliphatic heterocycles. The lowest BCUT2D eigenvalue weighted by Crippen LogP contribution is -2.54. The van der Waals surface area contributed by atoms with Gasteiger partial charge in [-0.1, -0.05) is 24.3 Å². The first-order chi connectivity index (χ1) is 20.3. The van der Waals surface area contributed by atoms with E-state index in [1.807, 2.05) is 11.9 Å². The SMILES string of the molecule is C=C(F)C(=O)N1CCN(c2c(C#N)c(OC[C@H]3CCCN3C)nc3c2CCN(C2(C)CC=CC(Cl)=C2C(F)(F)F)C3)CC1. The number of likely N-dealkylation sites (tertiary alicyclic amines) is 1. The first kappa shape index (κ1) is 31.3. The van der Waals surface area contributed by atoms with Gasteiger partial charge in [0.1, 0.15) is 18.2 Å². The number of hydrogen-bond acceptors (Lipinski definition) is 7. The lowest BCUT2D eigenvalue weighted by atomic mass is 9.81. The zero-order valence-corrected chi connectivity index (χ0v) is 25.1. The second-order valence-electron chi connectivity index (χ2n) is 11.7. The predicted molar refractivity (Wildman–Crippen MR) is 154 cm³/mol. The number of rotatable bonds is 6. The molecule has 5 rings (SSSR count). The number of hydrogen-bond donors (Lipinski definition) is 0. The minimum atomic E-state index is -4.62. The van der Waals surface area contributed by atoms with E-state index >= 15 is 0 Å². The molecule has 2 atom stereocenters. The van der Waals surface area contributed by atoms with Crippen molar-refractivity contribution in [1.82, 2.24) is 19.7 Å². The minimum absolute atomic E-state index is 0.0992. The van der Waals surface area contributed by atoms with E-state index in [-0.39, 0.29) is 55.1 Å². The van der Waals surface area contributed by atoms with E-state index in [1.54, 1.807) is 17.9 Å². The summed E-state index contributed by atoms with van der Waals surface area (Å²) in [6.45, 7) is 7.41. The highest BCUT2D eigenvalue weighted by Crippen LogP contribution is 2.47. The predicted octanol–water partition coefficient (Wildman–Crippen LogP) is 4.69. The maximum Gasteiger partial charge on any atom is 0.415 e.